The van der Waals surface area contributed by atoms with Gasteiger partial charge in [-0.05, 0) is 37.6 Å². The van der Waals surface area contributed by atoms with Crippen LogP contribution < -0.4 is 10.5 Å². The van der Waals surface area contributed by atoms with E-state index in [0.29, 0.717) is 18.5 Å². The van der Waals surface area contributed by atoms with Crippen LogP contribution in [0.15, 0.2) is 18.2 Å². The van der Waals surface area contributed by atoms with Gasteiger partial charge in [-0.15, -0.1) is 5.92 Å². The van der Waals surface area contributed by atoms with Crippen molar-refractivity contribution in [2.24, 2.45) is 5.73 Å². The SMILES string of the molecule is CC#CCOc1ccc(CCN)cc1C(F)(F)F. The predicted octanol–water partition coefficient (Wildman–Crippen LogP) is 2.61. The zero-order valence-electron chi connectivity index (χ0n) is 9.97. The van der Waals surface area contributed by atoms with Gasteiger partial charge in [0.05, 0.1) is 5.56 Å². The van der Waals surface area contributed by atoms with Gasteiger partial charge in [0.2, 0.25) is 0 Å². The molecule has 0 heterocycles. The quantitative estimate of drug-likeness (QED) is 0.841. The maximum absolute atomic E-state index is 12.8. The number of nitrogens with two attached hydrogens (primary N) is 1. The van der Waals surface area contributed by atoms with Crippen LogP contribution in [0.2, 0.25) is 0 Å². The number of halogens is 3. The Bertz CT molecular complexity index is 458. The fourth-order valence-corrected chi connectivity index (χ4v) is 1.43. The summed E-state index contributed by atoms with van der Waals surface area (Å²) in [4.78, 5) is 0. The molecule has 0 unspecified atom stereocenters. The maximum Gasteiger partial charge on any atom is 0.419 e. The Hall–Kier alpha value is -1.67. The van der Waals surface area contributed by atoms with Gasteiger partial charge in [-0.25, -0.2) is 0 Å². The zero-order valence-corrected chi connectivity index (χ0v) is 9.97. The van der Waals surface area contributed by atoms with E-state index in [-0.39, 0.29) is 12.4 Å². The number of alkyl halides is 3. The largest absolute Gasteiger partial charge is 0.480 e. The van der Waals surface area contributed by atoms with Crippen molar-refractivity contribution in [3.8, 4) is 17.6 Å². The van der Waals surface area contributed by atoms with Crippen LogP contribution in [-0.4, -0.2) is 13.2 Å². The third kappa shape index (κ3) is 3.97. The normalized spacial score (nSPS) is 10.7. The molecular weight excluding hydrogens is 243 g/mol. The molecule has 0 fully saturated rings. The fraction of sp³-hybridized carbons (Fsp3) is 0.385. The molecule has 0 amide bonds. The van der Waals surface area contributed by atoms with Gasteiger partial charge in [-0.2, -0.15) is 13.2 Å². The van der Waals surface area contributed by atoms with E-state index in [4.69, 9.17) is 10.5 Å². The van der Waals surface area contributed by atoms with Crippen LogP contribution in [0.1, 0.15) is 18.1 Å². The van der Waals surface area contributed by atoms with Crippen molar-refractivity contribution in [1.29, 1.82) is 0 Å². The van der Waals surface area contributed by atoms with Crippen LogP contribution >= 0.6 is 0 Å². The number of benzene rings is 1. The summed E-state index contributed by atoms with van der Waals surface area (Å²) in [5, 5.41) is 0. The molecule has 2 nitrogen and oxygen atoms in total. The summed E-state index contributed by atoms with van der Waals surface area (Å²) in [6, 6.07) is 3.96. The highest BCUT2D eigenvalue weighted by Crippen LogP contribution is 2.36. The van der Waals surface area contributed by atoms with E-state index in [2.05, 4.69) is 11.8 Å². The van der Waals surface area contributed by atoms with Crippen LogP contribution in [0.25, 0.3) is 0 Å². The Kier molecular flexibility index (Phi) is 5.05. The maximum atomic E-state index is 12.8. The summed E-state index contributed by atoms with van der Waals surface area (Å²) in [6.07, 6.45) is -4.04. The third-order valence-electron chi connectivity index (χ3n) is 2.26. The zero-order chi connectivity index (χ0) is 13.6. The van der Waals surface area contributed by atoms with Crippen molar-refractivity contribution in [2.45, 2.75) is 19.5 Å². The molecular formula is C13H14F3NO. The van der Waals surface area contributed by atoms with E-state index in [0.717, 1.165) is 6.07 Å². The average molecular weight is 257 g/mol. The fourth-order valence-electron chi connectivity index (χ4n) is 1.43. The van der Waals surface area contributed by atoms with Crippen LogP contribution in [0.5, 0.6) is 5.75 Å². The summed E-state index contributed by atoms with van der Waals surface area (Å²) in [5.74, 6) is 4.91. The first-order valence-corrected chi connectivity index (χ1v) is 5.41. The van der Waals surface area contributed by atoms with Gasteiger partial charge in [0, 0.05) is 0 Å². The summed E-state index contributed by atoms with van der Waals surface area (Å²) < 4.78 is 43.5. The molecule has 98 valence electrons. The van der Waals surface area contributed by atoms with Gasteiger partial charge in [0.1, 0.15) is 12.4 Å². The van der Waals surface area contributed by atoms with Crippen LogP contribution in [-0.2, 0) is 12.6 Å². The molecule has 5 heteroatoms. The molecule has 0 aliphatic carbocycles. The average Bonchev–Trinajstić information content (AvgIpc) is 2.30. The van der Waals surface area contributed by atoms with Gasteiger partial charge < -0.3 is 10.5 Å². The lowest BCUT2D eigenvalue weighted by molar-refractivity contribution is -0.138. The summed E-state index contributed by atoms with van der Waals surface area (Å²) >= 11 is 0. The minimum Gasteiger partial charge on any atom is -0.480 e. The molecule has 0 aliphatic rings. The Morgan fingerprint density at radius 1 is 1.33 bits per heavy atom. The van der Waals surface area contributed by atoms with E-state index in [1.54, 1.807) is 13.0 Å². The smallest absolute Gasteiger partial charge is 0.419 e. The molecule has 0 aliphatic heterocycles. The highest BCUT2D eigenvalue weighted by atomic mass is 19.4. The highest BCUT2D eigenvalue weighted by Gasteiger charge is 2.34. The molecule has 1 aromatic carbocycles. The lowest BCUT2D eigenvalue weighted by atomic mass is 10.1. The Morgan fingerprint density at radius 3 is 2.61 bits per heavy atom. The van der Waals surface area contributed by atoms with Gasteiger partial charge in [-0.1, -0.05) is 12.0 Å². The second-order valence-corrected chi connectivity index (χ2v) is 3.58. The van der Waals surface area contributed by atoms with Crippen LogP contribution in [0.3, 0.4) is 0 Å². The number of hydrogen-bond acceptors (Lipinski definition) is 2. The second kappa shape index (κ2) is 6.31. The molecule has 1 rings (SSSR count). The van der Waals surface area contributed by atoms with Crippen LogP contribution in [0, 0.1) is 11.8 Å². The number of rotatable bonds is 4. The van der Waals surface area contributed by atoms with Crippen molar-refractivity contribution < 1.29 is 17.9 Å². The predicted molar refractivity (Wildman–Crippen MR) is 63.1 cm³/mol. The Balaban J connectivity index is 3.03. The van der Waals surface area contributed by atoms with E-state index in [9.17, 15) is 13.2 Å². The molecule has 0 saturated heterocycles. The Morgan fingerprint density at radius 2 is 2.06 bits per heavy atom. The minimum absolute atomic E-state index is 0.0597. The van der Waals surface area contributed by atoms with Crippen molar-refractivity contribution in [3.63, 3.8) is 0 Å². The number of ether oxygens (including phenoxy) is 1. The molecule has 0 bridgehead atoms. The van der Waals surface area contributed by atoms with Gasteiger partial charge in [0.25, 0.3) is 0 Å². The van der Waals surface area contributed by atoms with Crippen molar-refractivity contribution in [3.05, 3.63) is 29.3 Å². The molecule has 0 aromatic heterocycles. The topological polar surface area (TPSA) is 35.2 Å². The first kappa shape index (κ1) is 14.4. The third-order valence-corrected chi connectivity index (χ3v) is 2.26. The lowest BCUT2D eigenvalue weighted by Gasteiger charge is -2.14. The highest BCUT2D eigenvalue weighted by molar-refractivity contribution is 5.39. The monoisotopic (exact) mass is 257 g/mol. The standard InChI is InChI=1S/C13H14F3NO/c1-2-3-8-18-12-5-4-10(6-7-17)9-11(12)13(14,15)16/h4-5,9H,6-8,17H2,1H3. The number of hydrogen-bond donors (Lipinski definition) is 1. The summed E-state index contributed by atoms with van der Waals surface area (Å²) in [5.41, 5.74) is 5.08. The van der Waals surface area contributed by atoms with E-state index in [1.807, 2.05) is 0 Å². The van der Waals surface area contributed by atoms with E-state index >= 15 is 0 Å². The molecule has 0 radical (unpaired) electrons. The van der Waals surface area contributed by atoms with Crippen molar-refractivity contribution in [2.75, 3.05) is 13.2 Å². The van der Waals surface area contributed by atoms with Crippen LogP contribution in [0.4, 0.5) is 13.2 Å². The van der Waals surface area contributed by atoms with E-state index < -0.39 is 11.7 Å². The molecule has 2 N–H and O–H groups in total. The first-order valence-electron chi connectivity index (χ1n) is 5.41. The Labute approximate surface area is 104 Å². The molecule has 0 saturated carbocycles. The van der Waals surface area contributed by atoms with Crippen molar-refractivity contribution in [1.82, 2.24) is 0 Å². The summed E-state index contributed by atoms with van der Waals surface area (Å²) in [7, 11) is 0. The van der Waals surface area contributed by atoms with Gasteiger partial charge in [-0.3, -0.25) is 0 Å². The molecule has 0 atom stereocenters. The lowest BCUT2D eigenvalue weighted by Crippen LogP contribution is -2.11. The van der Waals surface area contributed by atoms with E-state index in [1.165, 1.54) is 6.07 Å². The summed E-state index contributed by atoms with van der Waals surface area (Å²) in [6.45, 7) is 1.84. The molecule has 18 heavy (non-hydrogen) atoms. The van der Waals surface area contributed by atoms with Gasteiger partial charge in [0.15, 0.2) is 0 Å². The molecule has 1 aromatic rings. The first-order chi connectivity index (χ1) is 8.49. The second-order valence-electron chi connectivity index (χ2n) is 3.58. The molecule has 0 spiro atoms. The van der Waals surface area contributed by atoms with Crippen molar-refractivity contribution >= 4 is 0 Å². The minimum atomic E-state index is -4.44. The van der Waals surface area contributed by atoms with Gasteiger partial charge >= 0.3 is 6.18 Å².